The summed E-state index contributed by atoms with van der Waals surface area (Å²) in [7, 11) is 1.58. The molecule has 0 radical (unpaired) electrons. The van der Waals surface area contributed by atoms with Crippen LogP contribution in [0.1, 0.15) is 87.4 Å². The molecule has 6 heteroatoms. The van der Waals surface area contributed by atoms with Gasteiger partial charge < -0.3 is 14.6 Å². The number of halogens is 1. The molecule has 1 N–H and O–H groups in total. The van der Waals surface area contributed by atoms with E-state index in [-0.39, 0.29) is 23.3 Å². The summed E-state index contributed by atoms with van der Waals surface area (Å²) in [5.74, 6) is 0.294. The number of carboxylic acids is 1. The maximum Gasteiger partial charge on any atom is 0.306 e. The van der Waals surface area contributed by atoms with Gasteiger partial charge >= 0.3 is 5.97 Å². The lowest BCUT2D eigenvalue weighted by atomic mass is 9.81. The summed E-state index contributed by atoms with van der Waals surface area (Å²) in [6.45, 7) is 6.25. The Kier molecular flexibility index (Phi) is 7.13. The number of nitrogens with zero attached hydrogens (tertiary/aromatic N) is 1. The van der Waals surface area contributed by atoms with Gasteiger partial charge in [0.05, 0.1) is 24.4 Å². The number of hydrogen-bond donors (Lipinski definition) is 1. The molecule has 6 rings (SSSR count). The van der Waals surface area contributed by atoms with E-state index in [2.05, 4.69) is 38.1 Å². The molecule has 0 bridgehead atoms. The number of allylic oxidation sites excluding steroid dienone is 2. The minimum Gasteiger partial charge on any atom is -0.497 e. The Labute approximate surface area is 241 Å². The van der Waals surface area contributed by atoms with Crippen LogP contribution in [0.3, 0.4) is 0 Å². The van der Waals surface area contributed by atoms with E-state index in [1.165, 1.54) is 6.07 Å². The number of aromatic nitrogens is 1. The molecule has 5 nitrogen and oxygen atoms in total. The van der Waals surface area contributed by atoms with E-state index >= 15 is 4.39 Å². The van der Waals surface area contributed by atoms with Gasteiger partial charge in [0.2, 0.25) is 0 Å². The average Bonchev–Trinajstić information content (AvgIpc) is 3.73. The molecule has 214 valence electrons. The van der Waals surface area contributed by atoms with Gasteiger partial charge in [-0.25, -0.2) is 9.37 Å². The first-order chi connectivity index (χ1) is 19.7. The molecule has 0 saturated heterocycles. The van der Waals surface area contributed by atoms with Gasteiger partial charge in [0.25, 0.3) is 0 Å². The van der Waals surface area contributed by atoms with Crippen LogP contribution >= 0.6 is 0 Å². The Morgan fingerprint density at radius 2 is 1.90 bits per heavy atom. The fraction of sp³-hybridized carbons (Fsp3) is 0.429. The number of benzene rings is 2. The summed E-state index contributed by atoms with van der Waals surface area (Å²) in [6, 6.07) is 15.0. The summed E-state index contributed by atoms with van der Waals surface area (Å²) in [5.41, 5.74) is 6.07. The predicted molar refractivity (Wildman–Crippen MR) is 158 cm³/mol. The first-order valence-corrected chi connectivity index (χ1v) is 14.7. The lowest BCUT2D eigenvalue weighted by Crippen LogP contribution is -2.22. The van der Waals surface area contributed by atoms with Crippen LogP contribution in [-0.2, 0) is 11.2 Å². The van der Waals surface area contributed by atoms with Gasteiger partial charge in [0.15, 0.2) is 0 Å². The maximum absolute atomic E-state index is 15.2. The fourth-order valence-corrected chi connectivity index (χ4v) is 6.70. The van der Waals surface area contributed by atoms with E-state index in [9.17, 15) is 9.90 Å². The van der Waals surface area contributed by atoms with Crippen LogP contribution in [0, 0.1) is 23.1 Å². The van der Waals surface area contributed by atoms with Gasteiger partial charge in [-0.05, 0) is 103 Å². The van der Waals surface area contributed by atoms with Crippen molar-refractivity contribution in [1.82, 2.24) is 4.98 Å². The number of rotatable bonds is 8. The van der Waals surface area contributed by atoms with Crippen molar-refractivity contribution in [2.75, 3.05) is 7.11 Å². The summed E-state index contributed by atoms with van der Waals surface area (Å²) in [6.07, 6.45) is 7.74. The van der Waals surface area contributed by atoms with Crippen LogP contribution in [0.4, 0.5) is 4.39 Å². The zero-order valence-corrected chi connectivity index (χ0v) is 24.2. The van der Waals surface area contributed by atoms with Crippen LogP contribution in [-0.4, -0.2) is 23.2 Å². The largest absolute Gasteiger partial charge is 0.497 e. The predicted octanol–water partition coefficient (Wildman–Crippen LogP) is 8.38. The third kappa shape index (κ3) is 5.25. The first kappa shape index (κ1) is 27.5. The molecular formula is C35H38FNO4. The highest BCUT2D eigenvalue weighted by Crippen LogP contribution is 2.49. The molecule has 1 aliphatic heterocycles. The smallest absolute Gasteiger partial charge is 0.306 e. The molecule has 3 atom stereocenters. The maximum atomic E-state index is 15.2. The Morgan fingerprint density at radius 3 is 2.59 bits per heavy atom. The number of fused-ring (bicyclic) bond motifs is 1. The van der Waals surface area contributed by atoms with Crippen LogP contribution in [0.15, 0.2) is 54.6 Å². The van der Waals surface area contributed by atoms with E-state index < -0.39 is 11.9 Å². The molecule has 2 aromatic carbocycles. The molecule has 3 aliphatic rings. The van der Waals surface area contributed by atoms with Crippen LogP contribution < -0.4 is 9.47 Å². The van der Waals surface area contributed by atoms with E-state index in [0.29, 0.717) is 17.2 Å². The minimum absolute atomic E-state index is 0.0138. The number of hydrogen-bond acceptors (Lipinski definition) is 4. The number of carbonyl (C=O) groups is 1. The van der Waals surface area contributed by atoms with Gasteiger partial charge in [0, 0.05) is 11.1 Å². The summed E-state index contributed by atoms with van der Waals surface area (Å²) in [5, 5.41) is 9.75. The second-order valence-corrected chi connectivity index (χ2v) is 12.5. The summed E-state index contributed by atoms with van der Waals surface area (Å²) >= 11 is 0. The third-order valence-corrected chi connectivity index (χ3v) is 9.29. The molecule has 1 saturated carbocycles. The van der Waals surface area contributed by atoms with Crippen LogP contribution in [0.5, 0.6) is 11.5 Å². The molecule has 3 aromatic rings. The van der Waals surface area contributed by atoms with Crippen molar-refractivity contribution in [3.63, 3.8) is 0 Å². The topological polar surface area (TPSA) is 68.7 Å². The normalized spacial score (nSPS) is 20.9. The minimum atomic E-state index is -0.758. The van der Waals surface area contributed by atoms with Crippen molar-refractivity contribution in [2.24, 2.45) is 17.3 Å². The molecule has 1 aromatic heterocycles. The van der Waals surface area contributed by atoms with E-state index in [0.717, 1.165) is 77.9 Å². The van der Waals surface area contributed by atoms with Crippen molar-refractivity contribution in [3.05, 3.63) is 82.9 Å². The highest BCUT2D eigenvalue weighted by Gasteiger charge is 2.39. The number of ether oxygens (including phenoxy) is 2. The van der Waals surface area contributed by atoms with Crippen molar-refractivity contribution in [3.8, 4) is 22.6 Å². The SMILES string of the molecule is COc1ccc(F)c(-c2ccc(C3CCc4ccc([C@H](C5CC5)[C@H](C)C(=O)O)cc4O3)nc2C2=CCCC2(C)C)c1. The Hall–Kier alpha value is -3.67. The monoisotopic (exact) mass is 555 g/mol. The zero-order valence-electron chi connectivity index (χ0n) is 24.2. The molecule has 2 aliphatic carbocycles. The fourth-order valence-electron chi connectivity index (χ4n) is 6.70. The summed E-state index contributed by atoms with van der Waals surface area (Å²) in [4.78, 5) is 17.1. The second kappa shape index (κ2) is 10.6. The first-order valence-electron chi connectivity index (χ1n) is 14.7. The molecule has 1 fully saturated rings. The Morgan fingerprint density at radius 1 is 1.10 bits per heavy atom. The van der Waals surface area contributed by atoms with Crippen molar-refractivity contribution < 1.29 is 23.8 Å². The number of aliphatic carboxylic acids is 1. The second-order valence-electron chi connectivity index (χ2n) is 12.5. The van der Waals surface area contributed by atoms with Gasteiger partial charge in [-0.2, -0.15) is 0 Å². The quantitative estimate of drug-likeness (QED) is 0.302. The number of aryl methyl sites for hydroxylation is 1. The Bertz CT molecular complexity index is 1520. The highest BCUT2D eigenvalue weighted by atomic mass is 19.1. The van der Waals surface area contributed by atoms with Crippen molar-refractivity contribution >= 4 is 11.5 Å². The van der Waals surface area contributed by atoms with Gasteiger partial charge in [0.1, 0.15) is 23.4 Å². The molecule has 0 amide bonds. The van der Waals surface area contributed by atoms with Gasteiger partial charge in [-0.1, -0.05) is 45.0 Å². The molecule has 0 spiro atoms. The van der Waals surface area contributed by atoms with E-state index in [1.807, 2.05) is 19.1 Å². The van der Waals surface area contributed by atoms with E-state index in [1.54, 1.807) is 19.2 Å². The average molecular weight is 556 g/mol. The van der Waals surface area contributed by atoms with E-state index in [4.69, 9.17) is 14.5 Å². The molecule has 1 unspecified atom stereocenters. The van der Waals surface area contributed by atoms with Crippen molar-refractivity contribution in [1.29, 1.82) is 0 Å². The number of methoxy groups -OCH3 is 1. The Balaban J connectivity index is 1.37. The lowest BCUT2D eigenvalue weighted by molar-refractivity contribution is -0.142. The molecular weight excluding hydrogens is 517 g/mol. The highest BCUT2D eigenvalue weighted by molar-refractivity contribution is 5.83. The van der Waals surface area contributed by atoms with Crippen LogP contribution in [0.25, 0.3) is 16.7 Å². The van der Waals surface area contributed by atoms with Gasteiger partial charge in [-0.15, -0.1) is 0 Å². The third-order valence-electron chi connectivity index (χ3n) is 9.29. The summed E-state index contributed by atoms with van der Waals surface area (Å²) < 4.78 is 27.2. The standard InChI is InChI=1S/C35H38FNO4/c1-20(34(38)39)32(22-8-9-22)23-10-7-21-11-16-30(41-31(21)18-23)29-15-13-25(26-19-24(40-4)12-14-28(26)36)33(37-29)27-6-5-17-35(27,2)3/h6-7,10,12-15,18-20,22,30,32H,5,8-9,11,16-17H2,1-4H3,(H,38,39)/t20-,30?,32-/m0/s1. The molecule has 2 heterocycles. The number of carboxylic acid groups (broad SMARTS) is 1. The number of pyridine rings is 1. The van der Waals surface area contributed by atoms with Gasteiger partial charge in [-0.3, -0.25) is 4.79 Å². The molecule has 41 heavy (non-hydrogen) atoms. The van der Waals surface area contributed by atoms with Crippen LogP contribution in [0.2, 0.25) is 0 Å². The van der Waals surface area contributed by atoms with Crippen molar-refractivity contribution in [2.45, 2.75) is 71.3 Å². The lowest BCUT2D eigenvalue weighted by Gasteiger charge is -2.29. The zero-order chi connectivity index (χ0) is 28.9.